The van der Waals surface area contributed by atoms with Crippen molar-refractivity contribution in [2.24, 2.45) is 0 Å². The molecule has 2 fully saturated rings. The average molecular weight is 694 g/mol. The third-order valence-electron chi connectivity index (χ3n) is 8.59. The van der Waals surface area contributed by atoms with Crippen LogP contribution in [0.15, 0.2) is 60.8 Å². The molecule has 5 atom stereocenters. The van der Waals surface area contributed by atoms with Crippen molar-refractivity contribution in [3.63, 3.8) is 0 Å². The maximum Gasteiger partial charge on any atom is 0.405 e. The number of fused-ring (bicyclic) bond motifs is 2. The summed E-state index contributed by atoms with van der Waals surface area (Å²) < 4.78 is 70.5. The van der Waals surface area contributed by atoms with E-state index < -0.39 is 57.5 Å². The first-order chi connectivity index (χ1) is 22.2. The predicted molar refractivity (Wildman–Crippen MR) is 171 cm³/mol. The minimum Gasteiger partial charge on any atom is -0.465 e. The van der Waals surface area contributed by atoms with Crippen LogP contribution in [-0.2, 0) is 27.2 Å². The number of rotatable bonds is 10. The molecular formula is C32H35ClF3N5O5S. The first-order valence-electron chi connectivity index (χ1n) is 15.1. The Morgan fingerprint density at radius 1 is 1.15 bits per heavy atom. The van der Waals surface area contributed by atoms with E-state index in [4.69, 9.17) is 11.6 Å². The minimum atomic E-state index is -3.47. The first kappa shape index (κ1) is 34.6. The number of pyridine rings is 1. The van der Waals surface area contributed by atoms with Gasteiger partial charge in [0, 0.05) is 60.5 Å². The molecule has 0 aliphatic carbocycles. The summed E-state index contributed by atoms with van der Waals surface area (Å²) in [5, 5.41) is 18.4. The molecule has 10 nitrogen and oxygen atoms in total. The molecule has 5 rings (SSSR count). The number of sulfonamides is 1. The van der Waals surface area contributed by atoms with Gasteiger partial charge in [0.2, 0.25) is 15.9 Å². The number of hydrogen-bond donors (Lipinski definition) is 4. The molecule has 1 aromatic heterocycles. The fraction of sp³-hybridized carbons (Fsp3) is 0.406. The summed E-state index contributed by atoms with van der Waals surface area (Å²) >= 11 is 6.08. The zero-order valence-corrected chi connectivity index (χ0v) is 27.0. The van der Waals surface area contributed by atoms with Crippen LogP contribution in [0.3, 0.4) is 0 Å². The molecule has 3 heterocycles. The number of anilines is 1. The molecule has 47 heavy (non-hydrogen) atoms. The standard InChI is InChI=1S/C32H35ClF3N5O5S/c1-32(35,36)27-14-9-20(16-38-27)28(19-7-10-21(33)11-8-19)29(40-31(43)44)30(42)39-26-6-2-5-25(34)24(26)13-12-23-17-37-22-4-3-15-47(45,46)41(23)18-22/h2,5-11,14,16,22-23,28-29,37,40H,3-4,12-13,15,17-18H2,1H3,(H,39,42)(H,43,44)/t22?,23?,28-,29-/m0/s1. The van der Waals surface area contributed by atoms with E-state index in [0.717, 1.165) is 18.7 Å². The Morgan fingerprint density at radius 2 is 1.87 bits per heavy atom. The zero-order chi connectivity index (χ0) is 33.9. The molecule has 2 bridgehead atoms. The summed E-state index contributed by atoms with van der Waals surface area (Å²) in [6.07, 6.45) is 1.28. The molecule has 4 N–H and O–H groups in total. The van der Waals surface area contributed by atoms with Gasteiger partial charge in [-0.1, -0.05) is 35.9 Å². The Bertz CT molecular complexity index is 1710. The summed E-state index contributed by atoms with van der Waals surface area (Å²) in [5.74, 6) is -5.71. The van der Waals surface area contributed by atoms with Crippen molar-refractivity contribution in [1.29, 1.82) is 0 Å². The van der Waals surface area contributed by atoms with Gasteiger partial charge in [0.25, 0.3) is 5.92 Å². The number of nitrogens with zero attached hydrogens (tertiary/aromatic N) is 2. The number of halogens is 4. The largest absolute Gasteiger partial charge is 0.465 e. The van der Waals surface area contributed by atoms with E-state index in [2.05, 4.69) is 20.9 Å². The second-order valence-corrected chi connectivity index (χ2v) is 14.4. The summed E-state index contributed by atoms with van der Waals surface area (Å²) in [5.41, 5.74) is 0.396. The number of aromatic nitrogens is 1. The third-order valence-corrected chi connectivity index (χ3v) is 10.8. The van der Waals surface area contributed by atoms with Crippen LogP contribution in [0.5, 0.6) is 0 Å². The van der Waals surface area contributed by atoms with Gasteiger partial charge in [0.15, 0.2) is 0 Å². The second-order valence-electron chi connectivity index (χ2n) is 11.9. The maximum atomic E-state index is 15.3. The monoisotopic (exact) mass is 693 g/mol. The van der Waals surface area contributed by atoms with E-state index in [9.17, 15) is 31.9 Å². The number of carbonyl (C=O) groups is 2. The van der Waals surface area contributed by atoms with Crippen LogP contribution >= 0.6 is 11.6 Å². The Hall–Kier alpha value is -3.72. The lowest BCUT2D eigenvalue weighted by atomic mass is 9.85. The van der Waals surface area contributed by atoms with Crippen molar-refractivity contribution in [2.75, 3.05) is 24.2 Å². The van der Waals surface area contributed by atoms with Crippen molar-refractivity contribution < 1.29 is 36.3 Å². The second kappa shape index (κ2) is 14.2. The van der Waals surface area contributed by atoms with Crippen LogP contribution in [0, 0.1) is 5.82 Å². The van der Waals surface area contributed by atoms with Gasteiger partial charge < -0.3 is 21.1 Å². The van der Waals surface area contributed by atoms with Gasteiger partial charge in [-0.2, -0.15) is 13.1 Å². The molecule has 2 amide bonds. The van der Waals surface area contributed by atoms with Crippen molar-refractivity contribution in [3.8, 4) is 0 Å². The van der Waals surface area contributed by atoms with E-state index in [1.807, 2.05) is 0 Å². The number of alkyl halides is 2. The Morgan fingerprint density at radius 3 is 2.53 bits per heavy atom. The molecule has 2 aliphatic heterocycles. The molecule has 0 spiro atoms. The molecule has 0 radical (unpaired) electrons. The molecule has 2 aromatic carbocycles. The van der Waals surface area contributed by atoms with E-state index in [-0.39, 0.29) is 41.5 Å². The van der Waals surface area contributed by atoms with Crippen molar-refractivity contribution in [3.05, 3.63) is 94.0 Å². The average Bonchev–Trinajstić information content (AvgIpc) is 3.12. The normalized spacial score (nSPS) is 22.0. The van der Waals surface area contributed by atoms with Crippen LogP contribution in [0.4, 0.5) is 23.7 Å². The van der Waals surface area contributed by atoms with E-state index in [1.165, 1.54) is 28.6 Å². The lowest BCUT2D eigenvalue weighted by Gasteiger charge is -2.37. The Kier molecular flexibility index (Phi) is 10.4. The molecule has 15 heteroatoms. The molecular weight excluding hydrogens is 659 g/mol. The summed E-state index contributed by atoms with van der Waals surface area (Å²) in [7, 11) is -3.47. The summed E-state index contributed by atoms with van der Waals surface area (Å²) in [4.78, 5) is 29.8. The molecule has 252 valence electrons. The fourth-order valence-corrected chi connectivity index (χ4v) is 8.16. The van der Waals surface area contributed by atoms with Crippen LogP contribution in [0.25, 0.3) is 0 Å². The highest BCUT2D eigenvalue weighted by molar-refractivity contribution is 7.89. The number of nitrogens with one attached hydrogen (secondary N) is 3. The van der Waals surface area contributed by atoms with Crippen molar-refractivity contribution in [2.45, 2.75) is 62.6 Å². The van der Waals surface area contributed by atoms with E-state index in [0.29, 0.717) is 37.0 Å². The van der Waals surface area contributed by atoms with Crippen molar-refractivity contribution >= 4 is 39.3 Å². The quantitative estimate of drug-likeness (QED) is 0.232. The molecule has 2 saturated heterocycles. The minimum absolute atomic E-state index is 0.0502. The number of carbonyl (C=O) groups excluding carboxylic acids is 1. The smallest absolute Gasteiger partial charge is 0.405 e. The van der Waals surface area contributed by atoms with E-state index in [1.54, 1.807) is 24.3 Å². The fourth-order valence-electron chi connectivity index (χ4n) is 6.23. The maximum absolute atomic E-state index is 15.3. The van der Waals surface area contributed by atoms with Crippen LogP contribution < -0.4 is 16.0 Å². The summed E-state index contributed by atoms with van der Waals surface area (Å²) in [6.45, 7) is 1.44. The molecule has 3 aromatic rings. The lowest BCUT2D eigenvalue weighted by Crippen LogP contribution is -2.57. The topological polar surface area (TPSA) is 141 Å². The first-order valence-corrected chi connectivity index (χ1v) is 17.1. The van der Waals surface area contributed by atoms with Crippen molar-refractivity contribution in [1.82, 2.24) is 19.9 Å². The van der Waals surface area contributed by atoms with Gasteiger partial charge >= 0.3 is 6.09 Å². The predicted octanol–water partition coefficient (Wildman–Crippen LogP) is 5.09. The highest BCUT2D eigenvalue weighted by atomic mass is 35.5. The van der Waals surface area contributed by atoms with Gasteiger partial charge in [-0.25, -0.2) is 17.6 Å². The zero-order valence-electron chi connectivity index (χ0n) is 25.4. The number of hydrogen-bond acceptors (Lipinski definition) is 6. The Balaban J connectivity index is 1.44. The van der Waals surface area contributed by atoms with Gasteiger partial charge in [0.1, 0.15) is 17.6 Å². The van der Waals surface area contributed by atoms with Gasteiger partial charge in [0.05, 0.1) is 5.75 Å². The van der Waals surface area contributed by atoms with Gasteiger partial charge in [-0.05, 0) is 67.1 Å². The molecule has 0 saturated carbocycles. The van der Waals surface area contributed by atoms with Crippen LogP contribution in [0.1, 0.15) is 54.5 Å². The van der Waals surface area contributed by atoms with Gasteiger partial charge in [-0.15, -0.1) is 0 Å². The molecule has 2 aliphatic rings. The van der Waals surface area contributed by atoms with E-state index >= 15 is 4.39 Å². The number of piperazine rings is 1. The Labute approximate surface area is 275 Å². The third kappa shape index (κ3) is 8.23. The number of carboxylic acid groups (broad SMARTS) is 1. The lowest BCUT2D eigenvalue weighted by molar-refractivity contribution is -0.118. The van der Waals surface area contributed by atoms with Crippen LogP contribution in [0.2, 0.25) is 5.02 Å². The summed E-state index contributed by atoms with van der Waals surface area (Å²) in [6, 6.07) is 10.9. The van der Waals surface area contributed by atoms with Crippen LogP contribution in [-0.4, -0.2) is 71.8 Å². The van der Waals surface area contributed by atoms with Gasteiger partial charge in [-0.3, -0.25) is 9.78 Å². The highest BCUT2D eigenvalue weighted by Gasteiger charge is 2.38. The number of benzene rings is 2. The molecule has 3 unspecified atom stereocenters. The highest BCUT2D eigenvalue weighted by Crippen LogP contribution is 2.33. The SMILES string of the molecule is CC(F)(F)c1ccc([C@H](c2ccc(Cl)cc2)[C@H](NC(=O)O)C(=O)Nc2cccc(F)c2CCC2CNC3CCCS(=O)(=O)N2C3)cn1. The number of amides is 2.